The summed E-state index contributed by atoms with van der Waals surface area (Å²) in [6.07, 6.45) is 0. The van der Waals surface area contributed by atoms with Crippen molar-refractivity contribution in [2.45, 2.75) is 13.1 Å². The van der Waals surface area contributed by atoms with Gasteiger partial charge in [0, 0.05) is 7.05 Å². The summed E-state index contributed by atoms with van der Waals surface area (Å²) in [5, 5.41) is 0.918. The lowest BCUT2D eigenvalue weighted by Crippen LogP contribution is -2.34. The van der Waals surface area contributed by atoms with Crippen LogP contribution in [0.4, 0.5) is 5.69 Å². The predicted octanol–water partition coefficient (Wildman–Crippen LogP) is 2.33. The van der Waals surface area contributed by atoms with E-state index >= 15 is 0 Å². The van der Waals surface area contributed by atoms with Crippen LogP contribution < -0.4 is 10.1 Å². The fourth-order valence-corrected chi connectivity index (χ4v) is 4.94. The first-order valence-electron chi connectivity index (χ1n) is 8.23. The average Bonchev–Trinajstić information content (AvgIpc) is 3.02. The molecule has 0 saturated heterocycles. The number of halogens is 1. The van der Waals surface area contributed by atoms with Gasteiger partial charge in [0.05, 0.1) is 41.8 Å². The minimum atomic E-state index is -1.01. The Morgan fingerprint density at radius 3 is 2.15 bits per heavy atom. The van der Waals surface area contributed by atoms with Crippen LogP contribution in [0.25, 0.3) is 0 Å². The molecule has 4 amide bonds. The van der Waals surface area contributed by atoms with Crippen LogP contribution in [0.3, 0.4) is 0 Å². The van der Waals surface area contributed by atoms with Gasteiger partial charge in [-0.05, 0) is 23.4 Å². The molecule has 2 aliphatic rings. The number of benzene rings is 2. The highest BCUT2D eigenvalue weighted by molar-refractivity contribution is 6.72. The highest BCUT2D eigenvalue weighted by atomic mass is 35.5. The molecule has 0 aromatic heterocycles. The molecule has 1 radical (unpaired) electrons. The lowest BCUT2D eigenvalue weighted by molar-refractivity contribution is 0.0693. The van der Waals surface area contributed by atoms with Crippen LogP contribution >= 0.6 is 11.6 Å². The van der Waals surface area contributed by atoms with Crippen LogP contribution in [0.15, 0.2) is 30.3 Å². The van der Waals surface area contributed by atoms with Crippen LogP contribution in [-0.2, 0) is 0 Å². The monoisotopic (exact) mass is 397 g/mol. The summed E-state index contributed by atoms with van der Waals surface area (Å²) in [5.41, 5.74) is 0.761. The van der Waals surface area contributed by atoms with Crippen molar-refractivity contribution in [3.8, 4) is 0 Å². The summed E-state index contributed by atoms with van der Waals surface area (Å²) in [6.45, 7) is 4.07. The van der Waals surface area contributed by atoms with E-state index in [1.807, 2.05) is 19.2 Å². The molecule has 0 saturated carbocycles. The third kappa shape index (κ3) is 2.25. The van der Waals surface area contributed by atoms with Crippen LogP contribution in [0.2, 0.25) is 18.1 Å². The lowest BCUT2D eigenvalue weighted by atomic mass is 10.1. The molecule has 8 heteroatoms. The van der Waals surface area contributed by atoms with Crippen molar-refractivity contribution in [2.75, 3.05) is 11.9 Å². The molecule has 2 aromatic carbocycles. The number of rotatable bonds is 2. The number of imide groups is 2. The lowest BCUT2D eigenvalue weighted by Gasteiger charge is -2.18. The smallest absolute Gasteiger partial charge is 0.266 e. The van der Waals surface area contributed by atoms with Gasteiger partial charge in [-0.1, -0.05) is 36.8 Å². The van der Waals surface area contributed by atoms with Crippen molar-refractivity contribution in [2.24, 2.45) is 0 Å². The van der Waals surface area contributed by atoms with Crippen LogP contribution in [0, 0.1) is 0 Å². The Hall–Kier alpha value is -2.77. The molecule has 27 heavy (non-hydrogen) atoms. The normalized spacial score (nSPS) is 15.9. The Labute approximate surface area is 161 Å². The maximum atomic E-state index is 13.2. The SMILES string of the molecule is CN1C(=O)c2ccc(Cl)c(N3C(=O)c4cccc([Si](C)C)c4C3=O)c2C1=O. The van der Waals surface area contributed by atoms with Crippen molar-refractivity contribution in [3.05, 3.63) is 57.6 Å². The maximum absolute atomic E-state index is 13.2. The van der Waals surface area contributed by atoms with E-state index in [0.717, 1.165) is 15.0 Å². The Bertz CT molecular complexity index is 1080. The van der Waals surface area contributed by atoms with Gasteiger partial charge in [-0.15, -0.1) is 0 Å². The molecule has 6 nitrogen and oxygen atoms in total. The van der Waals surface area contributed by atoms with Gasteiger partial charge in [0.15, 0.2) is 0 Å². The fraction of sp³-hybridized carbons (Fsp3) is 0.158. The molecule has 4 rings (SSSR count). The highest BCUT2D eigenvalue weighted by Crippen LogP contribution is 2.40. The number of fused-ring (bicyclic) bond motifs is 2. The standard InChI is InChI=1S/C19H14ClN2O4Si/c1-21-16(23)10-7-8-11(20)15(14(10)18(21)25)22-17(24)9-5-4-6-12(27(2)3)13(9)19(22)26/h4-8H,1-3H3. The van der Waals surface area contributed by atoms with E-state index in [4.69, 9.17) is 11.6 Å². The van der Waals surface area contributed by atoms with E-state index in [-0.39, 0.29) is 21.8 Å². The van der Waals surface area contributed by atoms with Gasteiger partial charge in [0.25, 0.3) is 23.6 Å². The fourth-order valence-electron chi connectivity index (χ4n) is 3.52. The quantitative estimate of drug-likeness (QED) is 0.575. The first kappa shape index (κ1) is 17.6. The van der Waals surface area contributed by atoms with Crippen LogP contribution in [-0.4, -0.2) is 44.4 Å². The molecular weight excluding hydrogens is 384 g/mol. The zero-order valence-corrected chi connectivity index (χ0v) is 16.5. The number of amides is 4. The topological polar surface area (TPSA) is 74.8 Å². The molecule has 2 heterocycles. The third-order valence-electron chi connectivity index (χ3n) is 4.86. The van der Waals surface area contributed by atoms with Crippen molar-refractivity contribution in [1.29, 1.82) is 0 Å². The first-order chi connectivity index (χ1) is 12.8. The second-order valence-electron chi connectivity index (χ2n) is 6.66. The van der Waals surface area contributed by atoms with Gasteiger partial charge in [-0.25, -0.2) is 4.90 Å². The first-order valence-corrected chi connectivity index (χ1v) is 11.1. The van der Waals surface area contributed by atoms with Gasteiger partial charge in [0.2, 0.25) is 0 Å². The third-order valence-corrected chi connectivity index (χ3v) is 6.66. The molecule has 0 atom stereocenters. The Morgan fingerprint density at radius 1 is 0.815 bits per heavy atom. The molecule has 0 spiro atoms. The number of carbonyl (C=O) groups is 4. The van der Waals surface area contributed by atoms with Crippen molar-refractivity contribution in [1.82, 2.24) is 4.90 Å². The number of carbonyl (C=O) groups excluding carboxylic acids is 4. The van der Waals surface area contributed by atoms with E-state index < -0.39 is 32.4 Å². The predicted molar refractivity (Wildman–Crippen MR) is 103 cm³/mol. The Morgan fingerprint density at radius 2 is 1.48 bits per heavy atom. The second kappa shape index (κ2) is 5.87. The highest BCUT2D eigenvalue weighted by Gasteiger charge is 2.45. The van der Waals surface area contributed by atoms with E-state index in [0.29, 0.717) is 11.1 Å². The summed E-state index contributed by atoms with van der Waals surface area (Å²) >= 11 is 6.30. The molecular formula is C19H14ClN2O4Si. The Kier molecular flexibility index (Phi) is 3.83. The molecule has 0 fully saturated rings. The van der Waals surface area contributed by atoms with E-state index in [9.17, 15) is 19.2 Å². The van der Waals surface area contributed by atoms with Crippen LogP contribution in [0.1, 0.15) is 41.4 Å². The number of hydrogen-bond acceptors (Lipinski definition) is 4. The van der Waals surface area contributed by atoms with E-state index in [1.165, 1.54) is 19.2 Å². The van der Waals surface area contributed by atoms with Gasteiger partial charge in [0.1, 0.15) is 0 Å². The van der Waals surface area contributed by atoms with Gasteiger partial charge < -0.3 is 0 Å². The molecule has 2 aliphatic heterocycles. The zero-order valence-electron chi connectivity index (χ0n) is 14.8. The Balaban J connectivity index is 1.97. The summed E-state index contributed by atoms with van der Waals surface area (Å²) in [6, 6.07) is 8.06. The van der Waals surface area contributed by atoms with Gasteiger partial charge >= 0.3 is 0 Å². The summed E-state index contributed by atoms with van der Waals surface area (Å²) in [5.74, 6) is -2.12. The largest absolute Gasteiger partial charge is 0.277 e. The molecule has 0 aliphatic carbocycles. The number of hydrogen-bond donors (Lipinski definition) is 0. The van der Waals surface area contributed by atoms with Crippen molar-refractivity contribution >= 4 is 54.9 Å². The minimum Gasteiger partial charge on any atom is -0.277 e. The average molecular weight is 398 g/mol. The molecule has 0 N–H and O–H groups in total. The molecule has 135 valence electrons. The number of anilines is 1. The zero-order chi connectivity index (χ0) is 19.6. The maximum Gasteiger partial charge on any atom is 0.266 e. The second-order valence-corrected chi connectivity index (χ2v) is 9.61. The summed E-state index contributed by atoms with van der Waals surface area (Å²) < 4.78 is 0. The van der Waals surface area contributed by atoms with Gasteiger partial charge in [-0.2, -0.15) is 0 Å². The van der Waals surface area contributed by atoms with Crippen molar-refractivity contribution < 1.29 is 19.2 Å². The summed E-state index contributed by atoms with van der Waals surface area (Å²) in [7, 11) is 0.345. The van der Waals surface area contributed by atoms with Crippen LogP contribution in [0.5, 0.6) is 0 Å². The van der Waals surface area contributed by atoms with E-state index in [1.54, 1.807) is 12.1 Å². The minimum absolute atomic E-state index is 0.00965. The molecule has 2 aromatic rings. The number of nitrogens with zero attached hydrogens (tertiary/aromatic N) is 2. The van der Waals surface area contributed by atoms with E-state index in [2.05, 4.69) is 0 Å². The van der Waals surface area contributed by atoms with Crippen molar-refractivity contribution in [3.63, 3.8) is 0 Å². The summed E-state index contributed by atoms with van der Waals surface area (Å²) in [4.78, 5) is 53.0. The van der Waals surface area contributed by atoms with Gasteiger partial charge in [-0.3, -0.25) is 24.1 Å². The molecule has 0 bridgehead atoms. The molecule has 0 unspecified atom stereocenters.